The van der Waals surface area contributed by atoms with E-state index in [2.05, 4.69) is 27.9 Å². The summed E-state index contributed by atoms with van der Waals surface area (Å²) in [6.07, 6.45) is 0. The highest BCUT2D eigenvalue weighted by Gasteiger charge is 2.09. The molecule has 0 aliphatic carbocycles. The second kappa shape index (κ2) is 5.83. The summed E-state index contributed by atoms with van der Waals surface area (Å²) in [6, 6.07) is 13.8. The Kier molecular flexibility index (Phi) is 4.16. The molecule has 0 saturated carbocycles. The zero-order chi connectivity index (χ0) is 13.8. The van der Waals surface area contributed by atoms with Crippen LogP contribution in [0.1, 0.15) is 20.7 Å². The zero-order valence-corrected chi connectivity index (χ0v) is 12.0. The zero-order valence-electron chi connectivity index (χ0n) is 9.89. The van der Waals surface area contributed by atoms with Crippen LogP contribution in [0.25, 0.3) is 0 Å². The molecule has 0 unspecified atom stereocenters. The Hall–Kier alpha value is -1.89. The molecule has 0 saturated heterocycles. The molecule has 0 atom stereocenters. The summed E-state index contributed by atoms with van der Waals surface area (Å²) in [5, 5.41) is 2.79. The second-order valence-corrected chi connectivity index (χ2v) is 5.04. The molecule has 5 heteroatoms. The van der Waals surface area contributed by atoms with Gasteiger partial charge in [-0.3, -0.25) is 9.59 Å². The predicted octanol–water partition coefficient (Wildman–Crippen LogP) is 2.64. The first-order valence-electron chi connectivity index (χ1n) is 5.53. The molecule has 0 aliphatic rings. The molecular weight excluding hydrogens is 355 g/mol. The molecule has 2 aromatic rings. The Morgan fingerprint density at radius 1 is 1.00 bits per heavy atom. The fraction of sp³-hybridized carbons (Fsp3) is 0. The maximum absolute atomic E-state index is 12.1. The van der Waals surface area contributed by atoms with Gasteiger partial charge in [-0.15, -0.1) is 0 Å². The minimum atomic E-state index is -0.552. The van der Waals surface area contributed by atoms with Crippen LogP contribution < -0.4 is 11.1 Å². The standard InChI is InChI=1S/C14H11IN2O2/c15-11-6-1-2-7-12(11)17-14(19)10-5-3-4-9(8-10)13(16)18/h1-8H,(H2,16,18)(H,17,19). The number of nitrogens with one attached hydrogen (secondary N) is 1. The van der Waals surface area contributed by atoms with Gasteiger partial charge in [0.2, 0.25) is 5.91 Å². The minimum Gasteiger partial charge on any atom is -0.366 e. The van der Waals surface area contributed by atoms with E-state index in [1.165, 1.54) is 6.07 Å². The van der Waals surface area contributed by atoms with Crippen LogP contribution in [-0.2, 0) is 0 Å². The van der Waals surface area contributed by atoms with Crippen molar-refractivity contribution in [3.63, 3.8) is 0 Å². The number of carbonyl (C=O) groups is 2. The van der Waals surface area contributed by atoms with Gasteiger partial charge in [-0.25, -0.2) is 0 Å². The molecule has 0 bridgehead atoms. The van der Waals surface area contributed by atoms with E-state index in [1.807, 2.05) is 24.3 Å². The van der Waals surface area contributed by atoms with Crippen LogP contribution in [-0.4, -0.2) is 11.8 Å². The van der Waals surface area contributed by atoms with Crippen LogP contribution in [0.2, 0.25) is 0 Å². The van der Waals surface area contributed by atoms with Gasteiger partial charge in [0, 0.05) is 14.7 Å². The summed E-state index contributed by atoms with van der Waals surface area (Å²) in [5.74, 6) is -0.823. The van der Waals surface area contributed by atoms with Gasteiger partial charge < -0.3 is 11.1 Å². The van der Waals surface area contributed by atoms with Crippen molar-refractivity contribution in [2.24, 2.45) is 5.73 Å². The molecule has 2 rings (SSSR count). The van der Waals surface area contributed by atoms with Gasteiger partial charge >= 0.3 is 0 Å². The van der Waals surface area contributed by atoms with Gasteiger partial charge in [-0.05, 0) is 52.9 Å². The Labute approximate surface area is 124 Å². The lowest BCUT2D eigenvalue weighted by atomic mass is 10.1. The van der Waals surface area contributed by atoms with Crippen molar-refractivity contribution in [2.45, 2.75) is 0 Å². The number of benzene rings is 2. The van der Waals surface area contributed by atoms with Crippen molar-refractivity contribution in [3.8, 4) is 0 Å². The third-order valence-electron chi connectivity index (χ3n) is 2.53. The lowest BCUT2D eigenvalue weighted by molar-refractivity contribution is 0.1000. The lowest BCUT2D eigenvalue weighted by Crippen LogP contribution is -2.15. The Balaban J connectivity index is 2.23. The quantitative estimate of drug-likeness (QED) is 0.820. The minimum absolute atomic E-state index is 0.271. The number of para-hydroxylation sites is 1. The molecule has 96 valence electrons. The van der Waals surface area contributed by atoms with Gasteiger partial charge in [0.25, 0.3) is 5.91 Å². The summed E-state index contributed by atoms with van der Waals surface area (Å²) < 4.78 is 0.944. The summed E-state index contributed by atoms with van der Waals surface area (Å²) in [4.78, 5) is 23.2. The number of primary amides is 1. The SMILES string of the molecule is NC(=O)c1cccc(C(=O)Nc2ccccc2I)c1. The average Bonchev–Trinajstić information content (AvgIpc) is 2.41. The van der Waals surface area contributed by atoms with Crippen LogP contribution in [0, 0.1) is 3.57 Å². The summed E-state index contributed by atoms with van der Waals surface area (Å²) >= 11 is 2.14. The van der Waals surface area contributed by atoms with Crippen LogP contribution in [0.5, 0.6) is 0 Å². The maximum Gasteiger partial charge on any atom is 0.255 e. The van der Waals surface area contributed by atoms with Crippen LogP contribution >= 0.6 is 22.6 Å². The maximum atomic E-state index is 12.1. The number of hydrogen-bond donors (Lipinski definition) is 2. The van der Waals surface area contributed by atoms with Crippen LogP contribution in [0.4, 0.5) is 5.69 Å². The van der Waals surface area contributed by atoms with E-state index in [-0.39, 0.29) is 5.91 Å². The molecular formula is C14H11IN2O2. The molecule has 0 aromatic heterocycles. The van der Waals surface area contributed by atoms with E-state index in [0.717, 1.165) is 9.26 Å². The Morgan fingerprint density at radius 3 is 2.37 bits per heavy atom. The number of halogens is 1. The topological polar surface area (TPSA) is 72.2 Å². The Morgan fingerprint density at radius 2 is 1.68 bits per heavy atom. The van der Waals surface area contributed by atoms with Crippen molar-refractivity contribution in [1.82, 2.24) is 0 Å². The van der Waals surface area contributed by atoms with E-state index in [4.69, 9.17) is 5.73 Å². The molecule has 0 fully saturated rings. The number of nitrogens with two attached hydrogens (primary N) is 1. The number of anilines is 1. The van der Waals surface area contributed by atoms with Crippen molar-refractivity contribution < 1.29 is 9.59 Å². The van der Waals surface area contributed by atoms with E-state index in [1.54, 1.807) is 18.2 Å². The first kappa shape index (κ1) is 13.5. The van der Waals surface area contributed by atoms with Crippen LogP contribution in [0.15, 0.2) is 48.5 Å². The number of hydrogen-bond acceptors (Lipinski definition) is 2. The van der Waals surface area contributed by atoms with E-state index in [0.29, 0.717) is 11.1 Å². The highest BCUT2D eigenvalue weighted by Crippen LogP contribution is 2.18. The average molecular weight is 366 g/mol. The van der Waals surface area contributed by atoms with E-state index < -0.39 is 5.91 Å². The second-order valence-electron chi connectivity index (χ2n) is 3.88. The highest BCUT2D eigenvalue weighted by atomic mass is 127. The summed E-state index contributed by atoms with van der Waals surface area (Å²) in [5.41, 5.74) is 6.64. The lowest BCUT2D eigenvalue weighted by Gasteiger charge is -2.07. The summed E-state index contributed by atoms with van der Waals surface area (Å²) in [7, 11) is 0. The molecule has 19 heavy (non-hydrogen) atoms. The van der Waals surface area contributed by atoms with Gasteiger partial charge in [0.05, 0.1) is 5.69 Å². The van der Waals surface area contributed by atoms with Gasteiger partial charge in [0.1, 0.15) is 0 Å². The molecule has 0 spiro atoms. The Bertz CT molecular complexity index is 641. The third kappa shape index (κ3) is 3.31. The van der Waals surface area contributed by atoms with Crippen molar-refractivity contribution in [1.29, 1.82) is 0 Å². The fourth-order valence-electron chi connectivity index (χ4n) is 1.57. The molecule has 2 amide bonds. The highest BCUT2D eigenvalue weighted by molar-refractivity contribution is 14.1. The third-order valence-corrected chi connectivity index (χ3v) is 3.47. The predicted molar refractivity (Wildman–Crippen MR) is 82.1 cm³/mol. The largest absolute Gasteiger partial charge is 0.366 e. The molecule has 4 nitrogen and oxygen atoms in total. The molecule has 0 aliphatic heterocycles. The molecule has 0 radical (unpaired) electrons. The fourth-order valence-corrected chi connectivity index (χ4v) is 2.09. The first-order valence-corrected chi connectivity index (χ1v) is 6.61. The monoisotopic (exact) mass is 366 g/mol. The van der Waals surface area contributed by atoms with Gasteiger partial charge in [-0.1, -0.05) is 18.2 Å². The van der Waals surface area contributed by atoms with E-state index >= 15 is 0 Å². The number of carbonyl (C=O) groups excluding carboxylic acids is 2. The van der Waals surface area contributed by atoms with Crippen molar-refractivity contribution in [2.75, 3.05) is 5.32 Å². The van der Waals surface area contributed by atoms with Crippen molar-refractivity contribution in [3.05, 3.63) is 63.2 Å². The smallest absolute Gasteiger partial charge is 0.255 e. The van der Waals surface area contributed by atoms with Crippen LogP contribution in [0.3, 0.4) is 0 Å². The summed E-state index contributed by atoms with van der Waals surface area (Å²) in [6.45, 7) is 0. The molecule has 0 heterocycles. The van der Waals surface area contributed by atoms with Gasteiger partial charge in [0.15, 0.2) is 0 Å². The van der Waals surface area contributed by atoms with E-state index in [9.17, 15) is 9.59 Å². The molecule has 2 aromatic carbocycles. The normalized spacial score (nSPS) is 9.95. The van der Waals surface area contributed by atoms with Crippen molar-refractivity contribution >= 4 is 40.1 Å². The number of amides is 2. The first-order chi connectivity index (χ1) is 9.08. The molecule has 3 N–H and O–H groups in total. The number of rotatable bonds is 3. The van der Waals surface area contributed by atoms with Gasteiger partial charge in [-0.2, -0.15) is 0 Å².